The second kappa shape index (κ2) is 4.96. The summed E-state index contributed by atoms with van der Waals surface area (Å²) in [5.41, 5.74) is 6.41. The number of hydrogen-bond acceptors (Lipinski definition) is 1. The van der Waals surface area contributed by atoms with E-state index in [2.05, 4.69) is 0 Å². The molecule has 2 N–H and O–H groups in total. The Bertz CT molecular complexity index is 628. The Morgan fingerprint density at radius 3 is 2.33 bits per heavy atom. The summed E-state index contributed by atoms with van der Waals surface area (Å²) < 4.78 is 13.4. The van der Waals surface area contributed by atoms with Gasteiger partial charge in [-0.25, -0.2) is 4.39 Å². The van der Waals surface area contributed by atoms with Crippen molar-refractivity contribution in [1.29, 1.82) is 0 Å². The fourth-order valence-electron chi connectivity index (χ4n) is 1.57. The molecule has 0 saturated heterocycles. The number of hydrogen-bond donors (Lipinski definition) is 1. The average molecular weight is 284 g/mol. The Morgan fingerprint density at radius 2 is 1.72 bits per heavy atom. The van der Waals surface area contributed by atoms with Crippen LogP contribution in [-0.2, 0) is 0 Å². The lowest BCUT2D eigenvalue weighted by molar-refractivity contribution is 0.1000. The maximum atomic E-state index is 13.4. The molecule has 0 unspecified atom stereocenters. The minimum absolute atomic E-state index is 0.107. The summed E-state index contributed by atoms with van der Waals surface area (Å²) in [5, 5.41) is 0.769. The van der Waals surface area contributed by atoms with Crippen molar-refractivity contribution in [3.05, 3.63) is 57.8 Å². The molecule has 0 aliphatic rings. The van der Waals surface area contributed by atoms with Gasteiger partial charge < -0.3 is 5.73 Å². The van der Waals surface area contributed by atoms with Crippen molar-refractivity contribution in [3.8, 4) is 11.1 Å². The highest BCUT2D eigenvalue weighted by atomic mass is 35.5. The molecule has 0 aromatic heterocycles. The lowest BCUT2D eigenvalue weighted by Gasteiger charge is -2.06. The van der Waals surface area contributed by atoms with Gasteiger partial charge in [-0.2, -0.15) is 0 Å². The third kappa shape index (κ3) is 2.63. The maximum Gasteiger partial charge on any atom is 0.248 e. The van der Waals surface area contributed by atoms with Crippen LogP contribution in [0.5, 0.6) is 0 Å². The predicted molar refractivity (Wildman–Crippen MR) is 70.4 cm³/mol. The summed E-state index contributed by atoms with van der Waals surface area (Å²) in [6.07, 6.45) is 0. The van der Waals surface area contributed by atoms with Crippen LogP contribution in [0.15, 0.2) is 36.4 Å². The molecule has 0 fully saturated rings. The first-order valence-corrected chi connectivity index (χ1v) is 5.79. The molecule has 0 aliphatic carbocycles. The van der Waals surface area contributed by atoms with Gasteiger partial charge in [-0.3, -0.25) is 4.79 Å². The van der Waals surface area contributed by atoms with E-state index < -0.39 is 11.7 Å². The van der Waals surface area contributed by atoms with Gasteiger partial charge in [0.25, 0.3) is 0 Å². The number of nitrogens with two attached hydrogens (primary N) is 1. The normalized spacial score (nSPS) is 10.4. The number of primary amides is 1. The Hall–Kier alpha value is -1.58. The minimum Gasteiger partial charge on any atom is -0.366 e. The highest BCUT2D eigenvalue weighted by Crippen LogP contribution is 2.29. The van der Waals surface area contributed by atoms with Crippen LogP contribution in [0.2, 0.25) is 10.0 Å². The Labute approximate surface area is 113 Å². The molecular formula is C13H8Cl2FNO. The van der Waals surface area contributed by atoms with E-state index >= 15 is 0 Å². The van der Waals surface area contributed by atoms with Crippen molar-refractivity contribution in [2.24, 2.45) is 5.73 Å². The molecule has 5 heteroatoms. The van der Waals surface area contributed by atoms with Crippen LogP contribution in [0.4, 0.5) is 4.39 Å². The maximum absolute atomic E-state index is 13.4. The zero-order valence-corrected chi connectivity index (χ0v) is 10.6. The van der Waals surface area contributed by atoms with E-state index in [9.17, 15) is 9.18 Å². The van der Waals surface area contributed by atoms with E-state index in [1.54, 1.807) is 18.2 Å². The van der Waals surface area contributed by atoms with E-state index in [4.69, 9.17) is 28.9 Å². The number of carbonyl (C=O) groups excluding carboxylic acids is 1. The zero-order valence-electron chi connectivity index (χ0n) is 9.08. The summed E-state index contributed by atoms with van der Waals surface area (Å²) in [6.45, 7) is 0. The number of amides is 1. The van der Waals surface area contributed by atoms with Gasteiger partial charge in [-0.15, -0.1) is 0 Å². The van der Waals surface area contributed by atoms with Gasteiger partial charge in [-0.05, 0) is 41.5 Å². The van der Waals surface area contributed by atoms with Crippen LogP contribution in [0, 0.1) is 5.82 Å². The molecule has 0 radical (unpaired) electrons. The molecule has 2 aromatic carbocycles. The minimum atomic E-state index is -0.684. The summed E-state index contributed by atoms with van der Waals surface area (Å²) in [7, 11) is 0. The third-order valence-electron chi connectivity index (χ3n) is 2.44. The lowest BCUT2D eigenvalue weighted by atomic mass is 10.0. The molecule has 2 rings (SSSR count). The summed E-state index contributed by atoms with van der Waals surface area (Å²) in [4.78, 5) is 11.1. The van der Waals surface area contributed by atoms with E-state index in [1.807, 2.05) is 0 Å². The first-order chi connectivity index (χ1) is 8.47. The first kappa shape index (κ1) is 12.9. The quantitative estimate of drug-likeness (QED) is 0.893. The van der Waals surface area contributed by atoms with Crippen LogP contribution in [0.1, 0.15) is 10.4 Å². The first-order valence-electron chi connectivity index (χ1n) is 5.03. The van der Waals surface area contributed by atoms with Crippen molar-refractivity contribution in [2.45, 2.75) is 0 Å². The standard InChI is InChI=1S/C13H8Cl2FNO/c14-11-2-1-7(6-12(11)15)8-3-9(13(17)18)5-10(16)4-8/h1-6H,(H2,17,18). The molecule has 0 aliphatic heterocycles. The van der Waals surface area contributed by atoms with Crippen LogP contribution in [-0.4, -0.2) is 5.91 Å². The molecule has 0 atom stereocenters. The number of halogens is 3. The fourth-order valence-corrected chi connectivity index (χ4v) is 1.87. The molecule has 18 heavy (non-hydrogen) atoms. The second-order valence-corrected chi connectivity index (χ2v) is 4.54. The van der Waals surface area contributed by atoms with E-state index in [0.29, 0.717) is 21.2 Å². The number of rotatable bonds is 2. The molecule has 0 saturated carbocycles. The van der Waals surface area contributed by atoms with Crippen molar-refractivity contribution in [3.63, 3.8) is 0 Å². The largest absolute Gasteiger partial charge is 0.366 e. The Balaban J connectivity index is 2.56. The Morgan fingerprint density at radius 1 is 1.00 bits per heavy atom. The van der Waals surface area contributed by atoms with Gasteiger partial charge in [0.1, 0.15) is 5.82 Å². The van der Waals surface area contributed by atoms with Gasteiger partial charge in [-0.1, -0.05) is 29.3 Å². The monoisotopic (exact) mass is 283 g/mol. The summed E-state index contributed by atoms with van der Waals surface area (Å²) in [5.74, 6) is -1.22. The average Bonchev–Trinajstić information content (AvgIpc) is 2.31. The smallest absolute Gasteiger partial charge is 0.248 e. The SMILES string of the molecule is NC(=O)c1cc(F)cc(-c2ccc(Cl)c(Cl)c2)c1. The highest BCUT2D eigenvalue weighted by molar-refractivity contribution is 6.42. The van der Waals surface area contributed by atoms with Gasteiger partial charge >= 0.3 is 0 Å². The van der Waals surface area contributed by atoms with Crippen LogP contribution in [0.25, 0.3) is 11.1 Å². The van der Waals surface area contributed by atoms with Crippen LogP contribution in [0.3, 0.4) is 0 Å². The van der Waals surface area contributed by atoms with E-state index in [-0.39, 0.29) is 5.56 Å². The second-order valence-electron chi connectivity index (χ2n) is 3.72. The van der Waals surface area contributed by atoms with Crippen molar-refractivity contribution < 1.29 is 9.18 Å². The lowest BCUT2D eigenvalue weighted by Crippen LogP contribution is -2.11. The molecule has 0 bridgehead atoms. The highest BCUT2D eigenvalue weighted by Gasteiger charge is 2.08. The fraction of sp³-hybridized carbons (Fsp3) is 0. The molecule has 0 heterocycles. The predicted octanol–water partition coefficient (Wildman–Crippen LogP) is 3.90. The van der Waals surface area contributed by atoms with Gasteiger partial charge in [0.05, 0.1) is 10.0 Å². The zero-order chi connectivity index (χ0) is 13.3. The Kier molecular flexibility index (Phi) is 3.55. The van der Waals surface area contributed by atoms with Gasteiger partial charge in [0, 0.05) is 5.56 Å². The molecule has 2 aromatic rings. The molecule has 0 spiro atoms. The van der Waals surface area contributed by atoms with Gasteiger partial charge in [0.15, 0.2) is 0 Å². The molecule has 2 nitrogen and oxygen atoms in total. The molecule has 1 amide bonds. The van der Waals surface area contributed by atoms with E-state index in [1.165, 1.54) is 12.1 Å². The number of benzene rings is 2. The molecule has 92 valence electrons. The van der Waals surface area contributed by atoms with Crippen molar-refractivity contribution in [1.82, 2.24) is 0 Å². The topological polar surface area (TPSA) is 43.1 Å². The molecular weight excluding hydrogens is 276 g/mol. The summed E-state index contributed by atoms with van der Waals surface area (Å²) in [6, 6.07) is 8.78. The van der Waals surface area contributed by atoms with Gasteiger partial charge in [0.2, 0.25) is 5.91 Å². The van der Waals surface area contributed by atoms with Crippen LogP contribution < -0.4 is 5.73 Å². The third-order valence-corrected chi connectivity index (χ3v) is 3.17. The summed E-state index contributed by atoms with van der Waals surface area (Å²) >= 11 is 11.7. The van der Waals surface area contributed by atoms with Crippen molar-refractivity contribution in [2.75, 3.05) is 0 Å². The van der Waals surface area contributed by atoms with Crippen molar-refractivity contribution >= 4 is 29.1 Å². The number of carbonyl (C=O) groups is 1. The van der Waals surface area contributed by atoms with Crippen LogP contribution >= 0.6 is 23.2 Å². The van der Waals surface area contributed by atoms with E-state index in [0.717, 1.165) is 6.07 Å².